The van der Waals surface area contributed by atoms with E-state index < -0.39 is 0 Å². The van der Waals surface area contributed by atoms with Gasteiger partial charge in [-0.15, -0.1) is 11.3 Å². The highest BCUT2D eigenvalue weighted by molar-refractivity contribution is 7.18. The van der Waals surface area contributed by atoms with Gasteiger partial charge >= 0.3 is 0 Å². The molecule has 2 aromatic carbocycles. The molecule has 21 heavy (non-hydrogen) atoms. The third-order valence-electron chi connectivity index (χ3n) is 4.00. The maximum absolute atomic E-state index is 6.43. The van der Waals surface area contributed by atoms with Crippen LogP contribution in [0.4, 0.5) is 0 Å². The first kappa shape index (κ1) is 12.8. The standard InChI is InChI=1S/C17H16N2OS/c18-13(12-10-20-15-7-3-1-5-11(12)15)9-17-19-14-6-2-4-8-16(14)21-17/h1-8,12-13H,9-10,18H2. The second kappa shape index (κ2) is 5.13. The molecule has 0 aliphatic carbocycles. The summed E-state index contributed by atoms with van der Waals surface area (Å²) in [5, 5.41) is 1.10. The van der Waals surface area contributed by atoms with Crippen molar-refractivity contribution in [3.8, 4) is 5.75 Å². The summed E-state index contributed by atoms with van der Waals surface area (Å²) in [7, 11) is 0. The number of rotatable bonds is 3. The van der Waals surface area contributed by atoms with Gasteiger partial charge in [-0.25, -0.2) is 4.98 Å². The zero-order valence-electron chi connectivity index (χ0n) is 11.5. The molecule has 2 unspecified atom stereocenters. The van der Waals surface area contributed by atoms with Gasteiger partial charge in [0.2, 0.25) is 0 Å². The Bertz CT molecular complexity index is 750. The van der Waals surface area contributed by atoms with Crippen LogP contribution in [0.2, 0.25) is 0 Å². The summed E-state index contributed by atoms with van der Waals surface area (Å²) in [6, 6.07) is 16.4. The fraction of sp³-hybridized carbons (Fsp3) is 0.235. The summed E-state index contributed by atoms with van der Waals surface area (Å²) in [6.07, 6.45) is 0.793. The fourth-order valence-electron chi connectivity index (χ4n) is 2.89. The monoisotopic (exact) mass is 296 g/mol. The number of hydrogen-bond donors (Lipinski definition) is 1. The second-order valence-electron chi connectivity index (χ2n) is 5.40. The van der Waals surface area contributed by atoms with Gasteiger partial charge in [0.15, 0.2) is 0 Å². The quantitative estimate of drug-likeness (QED) is 0.806. The summed E-state index contributed by atoms with van der Waals surface area (Å²) in [5.74, 6) is 1.23. The van der Waals surface area contributed by atoms with Crippen molar-refractivity contribution < 1.29 is 4.74 Å². The largest absolute Gasteiger partial charge is 0.493 e. The van der Waals surface area contributed by atoms with Crippen LogP contribution >= 0.6 is 11.3 Å². The van der Waals surface area contributed by atoms with E-state index >= 15 is 0 Å². The van der Waals surface area contributed by atoms with Gasteiger partial charge in [-0.2, -0.15) is 0 Å². The van der Waals surface area contributed by atoms with Crippen LogP contribution in [0.3, 0.4) is 0 Å². The lowest BCUT2D eigenvalue weighted by molar-refractivity contribution is 0.313. The zero-order chi connectivity index (χ0) is 14.2. The van der Waals surface area contributed by atoms with Crippen LogP contribution in [0.25, 0.3) is 10.2 Å². The summed E-state index contributed by atoms with van der Waals surface area (Å²) in [6.45, 7) is 0.672. The number of fused-ring (bicyclic) bond motifs is 2. The van der Waals surface area contributed by atoms with Crippen LogP contribution in [0, 0.1) is 0 Å². The van der Waals surface area contributed by atoms with Crippen molar-refractivity contribution in [1.29, 1.82) is 0 Å². The van der Waals surface area contributed by atoms with E-state index in [1.54, 1.807) is 11.3 Å². The number of thiazole rings is 1. The maximum Gasteiger partial charge on any atom is 0.122 e. The van der Waals surface area contributed by atoms with Crippen LogP contribution in [0.15, 0.2) is 48.5 Å². The summed E-state index contributed by atoms with van der Waals surface area (Å²) < 4.78 is 6.96. The molecule has 1 aromatic heterocycles. The predicted molar refractivity (Wildman–Crippen MR) is 86.0 cm³/mol. The number of nitrogens with zero attached hydrogens (tertiary/aromatic N) is 1. The molecule has 106 valence electrons. The van der Waals surface area contributed by atoms with Crippen LogP contribution in [-0.2, 0) is 6.42 Å². The fourth-order valence-corrected chi connectivity index (χ4v) is 3.93. The van der Waals surface area contributed by atoms with Gasteiger partial charge in [0, 0.05) is 23.9 Å². The predicted octanol–water partition coefficient (Wildman–Crippen LogP) is 3.34. The van der Waals surface area contributed by atoms with Gasteiger partial charge in [0.1, 0.15) is 5.75 Å². The molecular formula is C17H16N2OS. The number of para-hydroxylation sites is 2. The molecule has 1 aliphatic heterocycles. The van der Waals surface area contributed by atoms with E-state index in [2.05, 4.69) is 23.2 Å². The Kier molecular flexibility index (Phi) is 3.13. The molecule has 1 aliphatic rings. The normalized spacial score (nSPS) is 18.4. The Hall–Kier alpha value is -1.91. The first-order valence-electron chi connectivity index (χ1n) is 7.13. The van der Waals surface area contributed by atoms with Gasteiger partial charge in [0.05, 0.1) is 21.8 Å². The van der Waals surface area contributed by atoms with Crippen LogP contribution < -0.4 is 10.5 Å². The van der Waals surface area contributed by atoms with E-state index in [9.17, 15) is 0 Å². The van der Waals surface area contributed by atoms with Gasteiger partial charge in [0.25, 0.3) is 0 Å². The molecule has 4 heteroatoms. The maximum atomic E-state index is 6.43. The topological polar surface area (TPSA) is 48.1 Å². The Morgan fingerprint density at radius 1 is 1.19 bits per heavy atom. The molecule has 2 atom stereocenters. The minimum Gasteiger partial charge on any atom is -0.493 e. The Balaban J connectivity index is 1.57. The third kappa shape index (κ3) is 2.30. The molecular weight excluding hydrogens is 280 g/mol. The number of nitrogens with two attached hydrogens (primary N) is 1. The SMILES string of the molecule is NC(Cc1nc2ccccc2s1)C1COc2ccccc21. The number of hydrogen-bond acceptors (Lipinski definition) is 4. The average molecular weight is 296 g/mol. The molecule has 0 saturated heterocycles. The molecule has 0 radical (unpaired) electrons. The molecule has 4 rings (SSSR count). The van der Waals surface area contributed by atoms with Crippen molar-refractivity contribution in [3.05, 3.63) is 59.1 Å². The molecule has 0 spiro atoms. The number of ether oxygens (including phenoxy) is 1. The van der Waals surface area contributed by atoms with E-state index in [1.807, 2.05) is 30.3 Å². The zero-order valence-corrected chi connectivity index (χ0v) is 12.3. The molecule has 0 amide bonds. The highest BCUT2D eigenvalue weighted by atomic mass is 32.1. The first-order chi connectivity index (χ1) is 10.3. The van der Waals surface area contributed by atoms with E-state index in [1.165, 1.54) is 10.3 Å². The van der Waals surface area contributed by atoms with Crippen molar-refractivity contribution in [2.24, 2.45) is 5.73 Å². The lowest BCUT2D eigenvalue weighted by atomic mass is 9.92. The summed E-state index contributed by atoms with van der Waals surface area (Å²) in [5.41, 5.74) is 8.72. The Morgan fingerprint density at radius 2 is 2.00 bits per heavy atom. The summed E-state index contributed by atoms with van der Waals surface area (Å²) >= 11 is 1.73. The Morgan fingerprint density at radius 3 is 2.90 bits per heavy atom. The van der Waals surface area contributed by atoms with Gasteiger partial charge in [-0.3, -0.25) is 0 Å². The van der Waals surface area contributed by atoms with Crippen LogP contribution in [-0.4, -0.2) is 17.6 Å². The van der Waals surface area contributed by atoms with Gasteiger partial charge in [-0.1, -0.05) is 30.3 Å². The molecule has 0 fully saturated rings. The summed E-state index contributed by atoms with van der Waals surface area (Å²) in [4.78, 5) is 4.68. The first-order valence-corrected chi connectivity index (χ1v) is 7.94. The molecule has 2 heterocycles. The Labute approximate surface area is 127 Å². The van der Waals surface area contributed by atoms with Crippen LogP contribution in [0.1, 0.15) is 16.5 Å². The van der Waals surface area contributed by atoms with Crippen molar-refractivity contribution in [1.82, 2.24) is 4.98 Å². The smallest absolute Gasteiger partial charge is 0.122 e. The highest BCUT2D eigenvalue weighted by Crippen LogP contribution is 2.36. The van der Waals surface area contributed by atoms with Crippen molar-refractivity contribution >= 4 is 21.6 Å². The molecule has 2 N–H and O–H groups in total. The minimum absolute atomic E-state index is 0.0363. The minimum atomic E-state index is 0.0363. The lowest BCUT2D eigenvalue weighted by Gasteiger charge is -2.16. The highest BCUT2D eigenvalue weighted by Gasteiger charge is 2.29. The van der Waals surface area contributed by atoms with Crippen molar-refractivity contribution in [2.75, 3.05) is 6.61 Å². The van der Waals surface area contributed by atoms with E-state index in [0.29, 0.717) is 6.61 Å². The molecule has 3 nitrogen and oxygen atoms in total. The van der Waals surface area contributed by atoms with E-state index in [-0.39, 0.29) is 12.0 Å². The van der Waals surface area contributed by atoms with E-state index in [4.69, 9.17) is 10.5 Å². The molecule has 0 bridgehead atoms. The van der Waals surface area contributed by atoms with E-state index in [0.717, 1.165) is 22.7 Å². The van der Waals surface area contributed by atoms with Gasteiger partial charge in [-0.05, 0) is 18.2 Å². The van der Waals surface area contributed by atoms with Crippen LogP contribution in [0.5, 0.6) is 5.75 Å². The number of benzene rings is 2. The molecule has 3 aromatic rings. The van der Waals surface area contributed by atoms with Crippen molar-refractivity contribution in [2.45, 2.75) is 18.4 Å². The molecule has 0 saturated carbocycles. The lowest BCUT2D eigenvalue weighted by Crippen LogP contribution is -2.31. The number of aromatic nitrogens is 1. The van der Waals surface area contributed by atoms with Crippen molar-refractivity contribution in [3.63, 3.8) is 0 Å². The third-order valence-corrected chi connectivity index (χ3v) is 5.06. The van der Waals surface area contributed by atoms with Gasteiger partial charge < -0.3 is 10.5 Å². The average Bonchev–Trinajstić information content (AvgIpc) is 3.10. The second-order valence-corrected chi connectivity index (χ2v) is 6.51.